The maximum atomic E-state index is 13.1. The number of anilines is 1. The molecular weight excluding hydrogens is 371 g/mol. The Morgan fingerprint density at radius 2 is 2.07 bits per heavy atom. The third-order valence-corrected chi connectivity index (χ3v) is 4.65. The van der Waals surface area contributed by atoms with Gasteiger partial charge in [0, 0.05) is 22.8 Å². The first-order valence-electron chi connectivity index (χ1n) is 8.53. The number of likely N-dealkylation sites (tertiary alicyclic amines) is 1. The number of carbonyl (C=O) groups is 1. The third-order valence-electron chi connectivity index (χ3n) is 4.42. The highest BCUT2D eigenvalue weighted by Crippen LogP contribution is 2.32. The summed E-state index contributed by atoms with van der Waals surface area (Å²) in [6.45, 7) is 0.589. The molecule has 27 heavy (non-hydrogen) atoms. The topological polar surface area (TPSA) is 71.3 Å². The van der Waals surface area contributed by atoms with Crippen LogP contribution in [0.3, 0.4) is 0 Å². The summed E-state index contributed by atoms with van der Waals surface area (Å²) < 4.78 is 18.5. The predicted octanol–water partition coefficient (Wildman–Crippen LogP) is 4.90. The molecule has 138 valence electrons. The monoisotopic (exact) mass is 386 g/mol. The van der Waals surface area contributed by atoms with E-state index in [4.69, 9.17) is 16.1 Å². The normalized spacial score (nSPS) is 16.5. The molecule has 4 rings (SSSR count). The van der Waals surface area contributed by atoms with Crippen molar-refractivity contribution in [3.63, 3.8) is 0 Å². The molecule has 3 aromatic rings. The van der Waals surface area contributed by atoms with Crippen LogP contribution in [-0.2, 0) is 0 Å². The van der Waals surface area contributed by atoms with Crippen LogP contribution in [0.1, 0.15) is 24.8 Å². The smallest absolute Gasteiger partial charge is 0.322 e. The quantitative estimate of drug-likeness (QED) is 0.695. The molecule has 1 aliphatic heterocycles. The maximum Gasteiger partial charge on any atom is 0.322 e. The molecule has 0 bridgehead atoms. The van der Waals surface area contributed by atoms with Gasteiger partial charge in [-0.2, -0.15) is 4.98 Å². The van der Waals surface area contributed by atoms with Crippen LogP contribution in [0, 0.1) is 5.82 Å². The van der Waals surface area contributed by atoms with Gasteiger partial charge in [0.15, 0.2) is 0 Å². The molecule has 0 unspecified atom stereocenters. The molecule has 1 N–H and O–H groups in total. The summed E-state index contributed by atoms with van der Waals surface area (Å²) in [5.74, 6) is 0.405. The minimum Gasteiger partial charge on any atom is -0.337 e. The molecule has 1 aliphatic rings. The summed E-state index contributed by atoms with van der Waals surface area (Å²) in [6.07, 6.45) is 1.57. The molecule has 2 aromatic carbocycles. The Morgan fingerprint density at radius 3 is 2.85 bits per heavy atom. The van der Waals surface area contributed by atoms with Crippen LogP contribution in [-0.4, -0.2) is 27.6 Å². The summed E-state index contributed by atoms with van der Waals surface area (Å²) >= 11 is 5.96. The minimum absolute atomic E-state index is 0.249. The van der Waals surface area contributed by atoms with Gasteiger partial charge < -0.3 is 14.7 Å². The van der Waals surface area contributed by atoms with Crippen LogP contribution in [0.5, 0.6) is 0 Å². The lowest BCUT2D eigenvalue weighted by atomic mass is 10.2. The first-order valence-corrected chi connectivity index (χ1v) is 8.91. The molecule has 1 saturated heterocycles. The van der Waals surface area contributed by atoms with Gasteiger partial charge in [0.1, 0.15) is 11.9 Å². The fourth-order valence-corrected chi connectivity index (χ4v) is 3.31. The van der Waals surface area contributed by atoms with E-state index >= 15 is 0 Å². The number of carbonyl (C=O) groups excluding carboxylic acids is 1. The van der Waals surface area contributed by atoms with Crippen molar-refractivity contribution in [1.29, 1.82) is 0 Å². The third kappa shape index (κ3) is 3.78. The van der Waals surface area contributed by atoms with E-state index in [0.29, 0.717) is 34.5 Å². The second-order valence-electron chi connectivity index (χ2n) is 6.26. The second-order valence-corrected chi connectivity index (χ2v) is 6.69. The van der Waals surface area contributed by atoms with Gasteiger partial charge in [0.25, 0.3) is 0 Å². The van der Waals surface area contributed by atoms with Crippen molar-refractivity contribution >= 4 is 23.3 Å². The average Bonchev–Trinajstić information content (AvgIpc) is 3.31. The number of amides is 2. The van der Waals surface area contributed by atoms with Crippen LogP contribution < -0.4 is 5.32 Å². The number of aromatic nitrogens is 2. The summed E-state index contributed by atoms with van der Waals surface area (Å²) in [4.78, 5) is 18.7. The molecule has 1 aromatic heterocycles. The minimum atomic E-state index is -0.331. The Labute approximate surface area is 159 Å². The van der Waals surface area contributed by atoms with Crippen molar-refractivity contribution in [3.05, 3.63) is 65.3 Å². The molecule has 0 aliphatic carbocycles. The second kappa shape index (κ2) is 7.36. The van der Waals surface area contributed by atoms with E-state index in [1.807, 2.05) is 0 Å². The molecule has 2 amide bonds. The largest absolute Gasteiger partial charge is 0.337 e. The molecule has 1 fully saturated rings. The number of benzene rings is 2. The van der Waals surface area contributed by atoms with Crippen molar-refractivity contribution in [2.24, 2.45) is 0 Å². The van der Waals surface area contributed by atoms with Crippen LogP contribution in [0.25, 0.3) is 11.4 Å². The van der Waals surface area contributed by atoms with Gasteiger partial charge in [-0.3, -0.25) is 0 Å². The van der Waals surface area contributed by atoms with Crippen molar-refractivity contribution in [2.45, 2.75) is 18.9 Å². The number of hydrogen-bond donors (Lipinski definition) is 1. The van der Waals surface area contributed by atoms with Gasteiger partial charge in [-0.25, -0.2) is 9.18 Å². The van der Waals surface area contributed by atoms with Gasteiger partial charge in [-0.1, -0.05) is 22.8 Å². The maximum absolute atomic E-state index is 13.1. The van der Waals surface area contributed by atoms with Crippen LogP contribution >= 0.6 is 11.6 Å². The SMILES string of the molecule is O=C(Nc1cccc(Cl)c1)N1CCC[C@@H]1c1nc(-c2ccc(F)cc2)no1. The number of rotatable bonds is 3. The van der Waals surface area contributed by atoms with Crippen LogP contribution in [0.15, 0.2) is 53.1 Å². The fourth-order valence-electron chi connectivity index (χ4n) is 3.11. The zero-order valence-corrected chi connectivity index (χ0v) is 15.0. The van der Waals surface area contributed by atoms with E-state index in [1.165, 1.54) is 12.1 Å². The standard InChI is InChI=1S/C19H16ClFN4O2/c20-13-3-1-4-15(11-13)22-19(26)25-10-2-5-16(25)18-23-17(24-27-18)12-6-8-14(21)9-7-12/h1,3-4,6-9,11,16H,2,5,10H2,(H,22,26)/t16-/m1/s1. The average molecular weight is 387 g/mol. The Morgan fingerprint density at radius 1 is 1.26 bits per heavy atom. The van der Waals surface area contributed by atoms with Crippen LogP contribution in [0.2, 0.25) is 5.02 Å². The van der Waals surface area contributed by atoms with Gasteiger partial charge in [0.2, 0.25) is 11.7 Å². The number of nitrogens with one attached hydrogen (secondary N) is 1. The van der Waals surface area contributed by atoms with Crippen molar-refractivity contribution in [3.8, 4) is 11.4 Å². The predicted molar refractivity (Wildman–Crippen MR) is 98.8 cm³/mol. The van der Waals surface area contributed by atoms with Crippen LogP contribution in [0.4, 0.5) is 14.9 Å². The fraction of sp³-hybridized carbons (Fsp3) is 0.211. The molecule has 8 heteroatoms. The molecule has 6 nitrogen and oxygen atoms in total. The number of halogens is 2. The highest BCUT2D eigenvalue weighted by Gasteiger charge is 2.34. The van der Waals surface area contributed by atoms with E-state index < -0.39 is 0 Å². The summed E-state index contributed by atoms with van der Waals surface area (Å²) in [5.41, 5.74) is 1.27. The summed E-state index contributed by atoms with van der Waals surface area (Å²) in [6, 6.07) is 12.3. The number of urea groups is 1. The highest BCUT2D eigenvalue weighted by atomic mass is 35.5. The van der Waals surface area contributed by atoms with Crippen molar-refractivity contribution in [2.75, 3.05) is 11.9 Å². The highest BCUT2D eigenvalue weighted by molar-refractivity contribution is 6.30. The molecule has 0 spiro atoms. The van der Waals surface area contributed by atoms with Gasteiger partial charge >= 0.3 is 6.03 Å². The lowest BCUT2D eigenvalue weighted by molar-refractivity contribution is 0.193. The van der Waals surface area contributed by atoms with E-state index in [2.05, 4.69) is 15.5 Å². The van der Waals surface area contributed by atoms with Gasteiger partial charge in [0.05, 0.1) is 0 Å². The Hall–Kier alpha value is -2.93. The van der Waals surface area contributed by atoms with Crippen molar-refractivity contribution in [1.82, 2.24) is 15.0 Å². The zero-order valence-electron chi connectivity index (χ0n) is 14.2. The van der Waals surface area contributed by atoms with E-state index in [9.17, 15) is 9.18 Å². The summed E-state index contributed by atoms with van der Waals surface area (Å²) in [5, 5.41) is 7.35. The first-order chi connectivity index (χ1) is 13.1. The Bertz CT molecular complexity index is 960. The lowest BCUT2D eigenvalue weighted by Gasteiger charge is -2.22. The molecule has 1 atom stereocenters. The van der Waals surface area contributed by atoms with Gasteiger partial charge in [-0.15, -0.1) is 0 Å². The Balaban J connectivity index is 1.51. The van der Waals surface area contributed by atoms with E-state index in [0.717, 1.165) is 12.8 Å². The summed E-state index contributed by atoms with van der Waals surface area (Å²) in [7, 11) is 0. The van der Waals surface area contributed by atoms with Gasteiger partial charge in [-0.05, 0) is 55.3 Å². The number of hydrogen-bond acceptors (Lipinski definition) is 4. The Kier molecular flexibility index (Phi) is 4.77. The van der Waals surface area contributed by atoms with Crippen molar-refractivity contribution < 1.29 is 13.7 Å². The zero-order chi connectivity index (χ0) is 18.8. The first kappa shape index (κ1) is 17.5. The molecule has 2 heterocycles. The van der Waals surface area contributed by atoms with E-state index in [-0.39, 0.29) is 17.9 Å². The molecule has 0 radical (unpaired) electrons. The lowest BCUT2D eigenvalue weighted by Crippen LogP contribution is -2.34. The van der Waals surface area contributed by atoms with E-state index in [1.54, 1.807) is 41.3 Å². The number of nitrogens with zero attached hydrogens (tertiary/aromatic N) is 3. The molecule has 0 saturated carbocycles. The molecular formula is C19H16ClFN4O2.